The minimum atomic E-state index is -0.584. The third kappa shape index (κ3) is 3.67. The molecule has 1 N–H and O–H groups in total. The van der Waals surface area contributed by atoms with Gasteiger partial charge in [-0.3, -0.25) is 0 Å². The molecule has 0 radical (unpaired) electrons. The molecule has 22 heavy (non-hydrogen) atoms. The van der Waals surface area contributed by atoms with Gasteiger partial charge >= 0.3 is 0 Å². The summed E-state index contributed by atoms with van der Waals surface area (Å²) in [5.74, 6) is 1.43. The molecule has 0 saturated carbocycles. The fourth-order valence-electron chi connectivity index (χ4n) is 2.10. The first kappa shape index (κ1) is 14.6. The first-order chi connectivity index (χ1) is 10.7. The molecule has 0 aliphatic rings. The van der Waals surface area contributed by atoms with Crippen molar-refractivity contribution in [2.45, 2.75) is 12.6 Å². The number of ether oxygens (including phenoxy) is 1. The second-order valence-electron chi connectivity index (χ2n) is 4.90. The molecule has 1 unspecified atom stereocenters. The van der Waals surface area contributed by atoms with Crippen LogP contribution in [0, 0.1) is 0 Å². The quantitative estimate of drug-likeness (QED) is 0.772. The van der Waals surface area contributed by atoms with E-state index in [1.807, 2.05) is 47.2 Å². The number of rotatable bonds is 5. The van der Waals surface area contributed by atoms with Crippen molar-refractivity contribution < 1.29 is 9.84 Å². The molecule has 0 aliphatic carbocycles. The summed E-state index contributed by atoms with van der Waals surface area (Å²) in [6, 6.07) is 14.6. The van der Waals surface area contributed by atoms with E-state index in [-0.39, 0.29) is 0 Å². The highest BCUT2D eigenvalue weighted by Gasteiger charge is 2.08. The number of hydrogen-bond donors (Lipinski definition) is 1. The summed E-state index contributed by atoms with van der Waals surface area (Å²) >= 11 is 5.84. The first-order valence-electron chi connectivity index (χ1n) is 6.88. The van der Waals surface area contributed by atoms with E-state index in [9.17, 15) is 5.11 Å². The van der Waals surface area contributed by atoms with Gasteiger partial charge in [0.15, 0.2) is 0 Å². The lowest BCUT2D eigenvalue weighted by Crippen LogP contribution is -2.06. The van der Waals surface area contributed by atoms with Gasteiger partial charge in [0, 0.05) is 17.4 Å². The molecule has 0 bridgehead atoms. The van der Waals surface area contributed by atoms with Crippen molar-refractivity contribution >= 4 is 11.6 Å². The first-order valence-corrected chi connectivity index (χ1v) is 7.26. The van der Waals surface area contributed by atoms with Crippen LogP contribution in [0.15, 0.2) is 67.3 Å². The second kappa shape index (κ2) is 6.64. The number of aliphatic hydroxyl groups excluding tert-OH is 1. The van der Waals surface area contributed by atoms with E-state index in [0.29, 0.717) is 17.3 Å². The molecule has 0 aliphatic heterocycles. The predicted molar refractivity (Wildman–Crippen MR) is 85.2 cm³/mol. The number of aliphatic hydroxyl groups is 1. The molecule has 112 valence electrons. The third-order valence-corrected chi connectivity index (χ3v) is 3.51. The zero-order valence-electron chi connectivity index (χ0n) is 11.8. The molecule has 0 fully saturated rings. The average Bonchev–Trinajstić information content (AvgIpc) is 3.03. The van der Waals surface area contributed by atoms with Crippen LogP contribution in [0.3, 0.4) is 0 Å². The van der Waals surface area contributed by atoms with Gasteiger partial charge in [0.2, 0.25) is 0 Å². The molecule has 0 amide bonds. The summed E-state index contributed by atoms with van der Waals surface area (Å²) < 4.78 is 7.55. The van der Waals surface area contributed by atoms with Gasteiger partial charge in [0.05, 0.1) is 19.0 Å². The standard InChI is InChI=1S/C17H15ClN2O2/c18-14-3-7-16(8-4-14)22-15-5-1-13(2-6-15)17(21)11-20-10-9-19-12-20/h1-10,12,17,21H,11H2. The monoisotopic (exact) mass is 314 g/mol. The zero-order chi connectivity index (χ0) is 15.4. The van der Waals surface area contributed by atoms with E-state index in [2.05, 4.69) is 4.98 Å². The Kier molecular flexibility index (Phi) is 4.42. The summed E-state index contributed by atoms with van der Waals surface area (Å²) in [7, 11) is 0. The molecule has 3 aromatic rings. The SMILES string of the molecule is OC(Cn1ccnc1)c1ccc(Oc2ccc(Cl)cc2)cc1. The lowest BCUT2D eigenvalue weighted by atomic mass is 10.1. The lowest BCUT2D eigenvalue weighted by Gasteiger charge is -2.12. The number of aromatic nitrogens is 2. The maximum atomic E-state index is 10.2. The molecule has 2 aromatic carbocycles. The van der Waals surface area contributed by atoms with E-state index in [1.165, 1.54) is 0 Å². The molecule has 4 nitrogen and oxygen atoms in total. The van der Waals surface area contributed by atoms with Gasteiger partial charge in [-0.15, -0.1) is 0 Å². The smallest absolute Gasteiger partial charge is 0.127 e. The van der Waals surface area contributed by atoms with Gasteiger partial charge in [-0.1, -0.05) is 23.7 Å². The predicted octanol–water partition coefficient (Wildman–Crippen LogP) is 4.06. The van der Waals surface area contributed by atoms with Gasteiger partial charge in [-0.2, -0.15) is 0 Å². The van der Waals surface area contributed by atoms with Gasteiger partial charge in [0.25, 0.3) is 0 Å². The summed E-state index contributed by atoms with van der Waals surface area (Å²) in [6.07, 6.45) is 4.61. The van der Waals surface area contributed by atoms with Crippen molar-refractivity contribution in [3.63, 3.8) is 0 Å². The maximum Gasteiger partial charge on any atom is 0.127 e. The van der Waals surface area contributed by atoms with Crippen LogP contribution in [0.4, 0.5) is 0 Å². The number of halogens is 1. The summed E-state index contributed by atoms with van der Waals surface area (Å²) in [6.45, 7) is 0.470. The van der Waals surface area contributed by atoms with Crippen LogP contribution >= 0.6 is 11.6 Å². The van der Waals surface area contributed by atoms with E-state index in [4.69, 9.17) is 16.3 Å². The third-order valence-electron chi connectivity index (χ3n) is 3.26. The van der Waals surface area contributed by atoms with E-state index < -0.39 is 6.10 Å². The Morgan fingerprint density at radius 1 is 1.05 bits per heavy atom. The minimum Gasteiger partial charge on any atom is -0.457 e. The molecule has 3 rings (SSSR count). The van der Waals surface area contributed by atoms with Crippen LogP contribution in [0.5, 0.6) is 11.5 Å². The summed E-state index contributed by atoms with van der Waals surface area (Å²) in [4.78, 5) is 3.96. The maximum absolute atomic E-state index is 10.2. The van der Waals surface area contributed by atoms with Crippen molar-refractivity contribution in [2.24, 2.45) is 0 Å². The summed E-state index contributed by atoms with van der Waals surface area (Å²) in [5, 5.41) is 10.9. The van der Waals surface area contributed by atoms with Crippen LogP contribution in [0.25, 0.3) is 0 Å². The Bertz CT molecular complexity index is 709. The Morgan fingerprint density at radius 3 is 2.27 bits per heavy atom. The molecule has 1 aromatic heterocycles. The van der Waals surface area contributed by atoms with Crippen LogP contribution < -0.4 is 4.74 Å². The molecular weight excluding hydrogens is 300 g/mol. The highest BCUT2D eigenvalue weighted by Crippen LogP contribution is 2.25. The number of benzene rings is 2. The number of imidazole rings is 1. The highest BCUT2D eigenvalue weighted by molar-refractivity contribution is 6.30. The van der Waals surface area contributed by atoms with Crippen molar-refractivity contribution in [1.82, 2.24) is 9.55 Å². The fourth-order valence-corrected chi connectivity index (χ4v) is 2.22. The summed E-state index contributed by atoms with van der Waals surface area (Å²) in [5.41, 5.74) is 0.831. The van der Waals surface area contributed by atoms with E-state index in [0.717, 1.165) is 11.3 Å². The topological polar surface area (TPSA) is 47.3 Å². The normalized spacial score (nSPS) is 12.1. The Morgan fingerprint density at radius 2 is 1.68 bits per heavy atom. The molecule has 1 atom stereocenters. The Hall–Kier alpha value is -2.30. The highest BCUT2D eigenvalue weighted by atomic mass is 35.5. The van der Waals surface area contributed by atoms with Crippen molar-refractivity contribution in [3.05, 3.63) is 77.8 Å². The average molecular weight is 315 g/mol. The Balaban J connectivity index is 1.65. The van der Waals surface area contributed by atoms with Gasteiger partial charge < -0.3 is 14.4 Å². The van der Waals surface area contributed by atoms with Gasteiger partial charge in [-0.05, 0) is 42.0 Å². The van der Waals surface area contributed by atoms with Crippen molar-refractivity contribution in [3.8, 4) is 11.5 Å². The van der Waals surface area contributed by atoms with Crippen LogP contribution in [-0.4, -0.2) is 14.7 Å². The van der Waals surface area contributed by atoms with E-state index >= 15 is 0 Å². The number of nitrogens with zero attached hydrogens (tertiary/aromatic N) is 2. The molecule has 0 saturated heterocycles. The van der Waals surface area contributed by atoms with Gasteiger partial charge in [-0.25, -0.2) is 4.98 Å². The Labute approximate surface area is 133 Å². The molecule has 1 heterocycles. The molecule has 5 heteroatoms. The van der Waals surface area contributed by atoms with Gasteiger partial charge in [0.1, 0.15) is 11.5 Å². The zero-order valence-corrected chi connectivity index (χ0v) is 12.5. The van der Waals surface area contributed by atoms with Crippen LogP contribution in [0.1, 0.15) is 11.7 Å². The fraction of sp³-hybridized carbons (Fsp3) is 0.118. The van der Waals surface area contributed by atoms with E-state index in [1.54, 1.807) is 24.7 Å². The molecular formula is C17H15ClN2O2. The largest absolute Gasteiger partial charge is 0.457 e. The van der Waals surface area contributed by atoms with Crippen molar-refractivity contribution in [2.75, 3.05) is 0 Å². The minimum absolute atomic E-state index is 0.470. The van der Waals surface area contributed by atoms with Crippen molar-refractivity contribution in [1.29, 1.82) is 0 Å². The number of hydrogen-bond acceptors (Lipinski definition) is 3. The molecule has 0 spiro atoms. The second-order valence-corrected chi connectivity index (χ2v) is 5.34. The van der Waals surface area contributed by atoms with Crippen LogP contribution in [-0.2, 0) is 6.54 Å². The van der Waals surface area contributed by atoms with Crippen LogP contribution in [0.2, 0.25) is 5.02 Å². The lowest BCUT2D eigenvalue weighted by molar-refractivity contribution is 0.156.